The molecule has 0 unspecified atom stereocenters. The van der Waals surface area contributed by atoms with E-state index in [0.29, 0.717) is 5.02 Å². The van der Waals surface area contributed by atoms with Crippen molar-refractivity contribution in [2.24, 2.45) is 5.73 Å². The average molecular weight is 252 g/mol. The third-order valence-corrected chi connectivity index (χ3v) is 4.61. The summed E-state index contributed by atoms with van der Waals surface area (Å²) in [5, 5.41) is 10.7. The Morgan fingerprint density at radius 3 is 2.53 bits per heavy atom. The Morgan fingerprint density at radius 2 is 1.88 bits per heavy atom. The van der Waals surface area contributed by atoms with Gasteiger partial charge in [0.1, 0.15) is 5.75 Å². The van der Waals surface area contributed by atoms with Gasteiger partial charge in [-0.15, -0.1) is 0 Å². The van der Waals surface area contributed by atoms with Gasteiger partial charge in [-0.05, 0) is 62.1 Å². The second-order valence-corrected chi connectivity index (χ2v) is 5.84. The van der Waals surface area contributed by atoms with Crippen LogP contribution in [0.5, 0.6) is 5.75 Å². The average Bonchev–Trinajstić information content (AvgIpc) is 2.28. The molecule has 0 aromatic heterocycles. The van der Waals surface area contributed by atoms with Crippen LogP contribution in [0, 0.1) is 0 Å². The molecule has 0 heterocycles. The topological polar surface area (TPSA) is 46.2 Å². The number of aryl methyl sites for hydroxylation is 1. The Labute approximate surface area is 107 Å². The summed E-state index contributed by atoms with van der Waals surface area (Å²) < 4.78 is 0. The van der Waals surface area contributed by atoms with Crippen LogP contribution in [0.15, 0.2) is 6.07 Å². The molecule has 2 aliphatic rings. The van der Waals surface area contributed by atoms with Crippen molar-refractivity contribution in [2.45, 2.75) is 50.5 Å². The van der Waals surface area contributed by atoms with Crippen LogP contribution in [0.2, 0.25) is 5.02 Å². The number of phenolic OH excluding ortho intramolecular Hbond substituents is 1. The van der Waals surface area contributed by atoms with Crippen LogP contribution in [0.4, 0.5) is 0 Å². The summed E-state index contributed by atoms with van der Waals surface area (Å²) in [5.41, 5.74) is 9.60. The van der Waals surface area contributed by atoms with Gasteiger partial charge in [0.15, 0.2) is 0 Å². The molecule has 0 aliphatic heterocycles. The number of halogens is 1. The fourth-order valence-electron chi connectivity index (χ4n) is 3.20. The number of hydrogen-bond donors (Lipinski definition) is 2. The molecule has 2 aliphatic carbocycles. The van der Waals surface area contributed by atoms with Gasteiger partial charge in [0.05, 0.1) is 5.02 Å². The third-order valence-electron chi connectivity index (χ3n) is 4.32. The molecular formula is C14H18ClNO. The Kier molecular flexibility index (Phi) is 2.60. The summed E-state index contributed by atoms with van der Waals surface area (Å²) in [5.74, 6) is 0.231. The van der Waals surface area contributed by atoms with Crippen LogP contribution >= 0.6 is 11.6 Å². The summed E-state index contributed by atoms with van der Waals surface area (Å²) in [6, 6.07) is 1.93. The minimum Gasteiger partial charge on any atom is -0.506 e. The van der Waals surface area contributed by atoms with E-state index in [1.54, 1.807) is 0 Å². The molecule has 0 bridgehead atoms. The van der Waals surface area contributed by atoms with Gasteiger partial charge >= 0.3 is 0 Å². The maximum absolute atomic E-state index is 10.2. The number of phenols is 1. The summed E-state index contributed by atoms with van der Waals surface area (Å²) in [4.78, 5) is 0. The molecule has 3 heteroatoms. The molecule has 0 radical (unpaired) electrons. The van der Waals surface area contributed by atoms with Gasteiger partial charge in [-0.1, -0.05) is 11.6 Å². The number of fused-ring (bicyclic) bond motifs is 1. The summed E-state index contributed by atoms with van der Waals surface area (Å²) >= 11 is 6.13. The Morgan fingerprint density at radius 1 is 1.18 bits per heavy atom. The number of rotatable bonds is 1. The van der Waals surface area contributed by atoms with Crippen molar-refractivity contribution in [1.29, 1.82) is 0 Å². The lowest BCUT2D eigenvalue weighted by Gasteiger charge is -2.41. The fraction of sp³-hybridized carbons (Fsp3) is 0.571. The largest absolute Gasteiger partial charge is 0.506 e. The lowest BCUT2D eigenvalue weighted by molar-refractivity contribution is 0.243. The van der Waals surface area contributed by atoms with Gasteiger partial charge in [0.25, 0.3) is 0 Å². The van der Waals surface area contributed by atoms with Crippen LogP contribution < -0.4 is 5.73 Å². The molecule has 1 saturated carbocycles. The van der Waals surface area contributed by atoms with E-state index in [9.17, 15) is 5.11 Å². The van der Waals surface area contributed by atoms with Crippen molar-refractivity contribution in [3.05, 3.63) is 27.8 Å². The summed E-state index contributed by atoms with van der Waals surface area (Å²) in [7, 11) is 0. The van der Waals surface area contributed by atoms with E-state index in [0.717, 1.165) is 37.7 Å². The number of hydrogen-bond acceptors (Lipinski definition) is 2. The molecule has 0 spiro atoms. The SMILES string of the molecule is NC1(c2c(O)c(Cl)cc3c2CCCC3)CCC1. The van der Waals surface area contributed by atoms with Gasteiger partial charge in [-0.3, -0.25) is 0 Å². The molecule has 1 fully saturated rings. The van der Waals surface area contributed by atoms with Crippen LogP contribution in [0.25, 0.3) is 0 Å². The predicted molar refractivity (Wildman–Crippen MR) is 69.5 cm³/mol. The molecule has 3 N–H and O–H groups in total. The van der Waals surface area contributed by atoms with Gasteiger partial charge in [-0.25, -0.2) is 0 Å². The molecule has 1 aromatic rings. The van der Waals surface area contributed by atoms with E-state index in [-0.39, 0.29) is 11.3 Å². The van der Waals surface area contributed by atoms with E-state index >= 15 is 0 Å². The highest BCUT2D eigenvalue weighted by Crippen LogP contribution is 2.48. The maximum atomic E-state index is 10.2. The molecule has 2 nitrogen and oxygen atoms in total. The van der Waals surface area contributed by atoms with E-state index < -0.39 is 0 Å². The zero-order chi connectivity index (χ0) is 12.0. The Bertz CT molecular complexity index is 466. The van der Waals surface area contributed by atoms with Gasteiger partial charge in [-0.2, -0.15) is 0 Å². The highest BCUT2D eigenvalue weighted by atomic mass is 35.5. The van der Waals surface area contributed by atoms with Crippen LogP contribution in [-0.2, 0) is 18.4 Å². The lowest BCUT2D eigenvalue weighted by atomic mass is 9.69. The van der Waals surface area contributed by atoms with Crippen molar-refractivity contribution >= 4 is 11.6 Å². The first kappa shape index (κ1) is 11.4. The van der Waals surface area contributed by atoms with Crippen molar-refractivity contribution in [3.63, 3.8) is 0 Å². The van der Waals surface area contributed by atoms with E-state index in [1.165, 1.54) is 24.0 Å². The second kappa shape index (κ2) is 3.89. The number of nitrogens with two attached hydrogens (primary N) is 1. The van der Waals surface area contributed by atoms with Crippen molar-refractivity contribution in [1.82, 2.24) is 0 Å². The van der Waals surface area contributed by atoms with Gasteiger partial charge in [0, 0.05) is 11.1 Å². The van der Waals surface area contributed by atoms with E-state index in [2.05, 4.69) is 0 Å². The van der Waals surface area contributed by atoms with Gasteiger partial charge < -0.3 is 10.8 Å². The van der Waals surface area contributed by atoms with Crippen molar-refractivity contribution in [2.75, 3.05) is 0 Å². The zero-order valence-electron chi connectivity index (χ0n) is 9.93. The minimum atomic E-state index is -0.323. The smallest absolute Gasteiger partial charge is 0.139 e. The normalized spacial score (nSPS) is 21.8. The first-order valence-electron chi connectivity index (χ1n) is 6.44. The molecule has 0 atom stereocenters. The third kappa shape index (κ3) is 1.66. The first-order chi connectivity index (χ1) is 8.12. The highest BCUT2D eigenvalue weighted by molar-refractivity contribution is 6.32. The molecule has 0 saturated heterocycles. The Hall–Kier alpha value is -0.730. The maximum Gasteiger partial charge on any atom is 0.139 e. The molecule has 1 aromatic carbocycles. The van der Waals surface area contributed by atoms with Gasteiger partial charge in [0.2, 0.25) is 0 Å². The molecule has 17 heavy (non-hydrogen) atoms. The standard InChI is InChI=1S/C14H18ClNO/c15-11-8-9-4-1-2-5-10(9)12(13(11)17)14(16)6-3-7-14/h8,17H,1-7,16H2. The molecule has 92 valence electrons. The number of aromatic hydroxyl groups is 1. The minimum absolute atomic E-state index is 0.231. The van der Waals surface area contributed by atoms with Crippen LogP contribution in [-0.4, -0.2) is 5.11 Å². The monoisotopic (exact) mass is 251 g/mol. The molecular weight excluding hydrogens is 234 g/mol. The Balaban J connectivity index is 2.20. The van der Waals surface area contributed by atoms with Crippen LogP contribution in [0.1, 0.15) is 48.8 Å². The zero-order valence-corrected chi connectivity index (χ0v) is 10.7. The predicted octanol–water partition coefficient (Wildman–Crippen LogP) is 3.26. The quantitative estimate of drug-likeness (QED) is 0.805. The van der Waals surface area contributed by atoms with Crippen molar-refractivity contribution < 1.29 is 5.11 Å². The molecule has 0 amide bonds. The van der Waals surface area contributed by atoms with Crippen molar-refractivity contribution in [3.8, 4) is 5.75 Å². The summed E-state index contributed by atoms with van der Waals surface area (Å²) in [6.07, 6.45) is 7.59. The van der Waals surface area contributed by atoms with E-state index in [1.807, 2.05) is 6.07 Å². The van der Waals surface area contributed by atoms with E-state index in [4.69, 9.17) is 17.3 Å². The fourth-order valence-corrected chi connectivity index (χ4v) is 3.43. The summed E-state index contributed by atoms with van der Waals surface area (Å²) in [6.45, 7) is 0. The highest BCUT2D eigenvalue weighted by Gasteiger charge is 2.39. The molecule has 3 rings (SSSR count). The first-order valence-corrected chi connectivity index (χ1v) is 6.82. The second-order valence-electron chi connectivity index (χ2n) is 5.44. The van der Waals surface area contributed by atoms with Crippen LogP contribution in [0.3, 0.4) is 0 Å². The number of benzene rings is 1. The lowest BCUT2D eigenvalue weighted by Crippen LogP contribution is -2.44.